The van der Waals surface area contributed by atoms with Gasteiger partial charge in [0, 0.05) is 4.88 Å². The van der Waals surface area contributed by atoms with E-state index in [0.717, 1.165) is 16.1 Å². The standard InChI is InChI=1S/C15H12N2OS2/c1-10-7-8-20-13(10)9-12-14(18)17(15(19)16-12)11-5-3-2-4-6-11/h2-9H,1H3,(H,16,19). The maximum atomic E-state index is 12.5. The summed E-state index contributed by atoms with van der Waals surface area (Å²) in [6, 6.07) is 11.4. The molecular formula is C15H12N2OS2. The molecule has 0 bridgehead atoms. The average molecular weight is 300 g/mol. The Balaban J connectivity index is 1.95. The lowest BCUT2D eigenvalue weighted by Gasteiger charge is -2.13. The molecule has 5 heteroatoms. The summed E-state index contributed by atoms with van der Waals surface area (Å²) >= 11 is 6.87. The summed E-state index contributed by atoms with van der Waals surface area (Å²) < 4.78 is 0. The Morgan fingerprint density at radius 3 is 2.65 bits per heavy atom. The molecule has 1 amide bonds. The number of hydrogen-bond donors (Lipinski definition) is 1. The van der Waals surface area contributed by atoms with Crippen LogP contribution in [-0.4, -0.2) is 11.0 Å². The summed E-state index contributed by atoms with van der Waals surface area (Å²) in [6.45, 7) is 2.02. The number of anilines is 1. The van der Waals surface area contributed by atoms with E-state index in [-0.39, 0.29) is 5.91 Å². The first kappa shape index (κ1) is 13.0. The number of nitrogens with one attached hydrogen (secondary N) is 1. The zero-order valence-electron chi connectivity index (χ0n) is 10.8. The number of aryl methyl sites for hydroxylation is 1. The molecule has 2 heterocycles. The molecule has 1 N–H and O–H groups in total. The second-order valence-corrected chi connectivity index (χ2v) is 5.77. The summed E-state index contributed by atoms with van der Waals surface area (Å²) in [7, 11) is 0. The molecule has 1 aromatic carbocycles. The highest BCUT2D eigenvalue weighted by atomic mass is 32.1. The van der Waals surface area contributed by atoms with E-state index in [1.165, 1.54) is 4.90 Å². The summed E-state index contributed by atoms with van der Waals surface area (Å²) in [4.78, 5) is 15.1. The van der Waals surface area contributed by atoms with Crippen molar-refractivity contribution in [1.82, 2.24) is 5.32 Å². The number of amides is 1. The van der Waals surface area contributed by atoms with Gasteiger partial charge < -0.3 is 5.32 Å². The van der Waals surface area contributed by atoms with E-state index in [1.54, 1.807) is 11.3 Å². The van der Waals surface area contributed by atoms with Crippen LogP contribution >= 0.6 is 23.6 Å². The predicted molar refractivity (Wildman–Crippen MR) is 86.7 cm³/mol. The number of hydrogen-bond acceptors (Lipinski definition) is 3. The zero-order valence-corrected chi connectivity index (χ0v) is 12.4. The van der Waals surface area contributed by atoms with Gasteiger partial charge in [0.05, 0.1) is 5.69 Å². The third-order valence-electron chi connectivity index (χ3n) is 3.07. The van der Waals surface area contributed by atoms with Gasteiger partial charge in [-0.2, -0.15) is 0 Å². The van der Waals surface area contributed by atoms with E-state index in [4.69, 9.17) is 12.2 Å². The van der Waals surface area contributed by atoms with E-state index in [9.17, 15) is 4.79 Å². The van der Waals surface area contributed by atoms with E-state index in [2.05, 4.69) is 5.32 Å². The number of thiophene rings is 1. The van der Waals surface area contributed by atoms with Crippen molar-refractivity contribution in [3.63, 3.8) is 0 Å². The summed E-state index contributed by atoms with van der Waals surface area (Å²) in [6.07, 6.45) is 1.86. The van der Waals surface area contributed by atoms with Crippen LogP contribution in [0.1, 0.15) is 10.4 Å². The highest BCUT2D eigenvalue weighted by Gasteiger charge is 2.31. The zero-order chi connectivity index (χ0) is 14.1. The van der Waals surface area contributed by atoms with Gasteiger partial charge in [0.25, 0.3) is 5.91 Å². The van der Waals surface area contributed by atoms with Crippen LogP contribution in [0.4, 0.5) is 5.69 Å². The van der Waals surface area contributed by atoms with Crippen LogP contribution in [-0.2, 0) is 4.79 Å². The van der Waals surface area contributed by atoms with Gasteiger partial charge in [-0.25, -0.2) is 0 Å². The molecule has 20 heavy (non-hydrogen) atoms. The molecule has 3 rings (SSSR count). The van der Waals surface area contributed by atoms with Crippen molar-refractivity contribution in [1.29, 1.82) is 0 Å². The molecule has 1 saturated heterocycles. The summed E-state index contributed by atoms with van der Waals surface area (Å²) in [5.74, 6) is -0.117. The van der Waals surface area contributed by atoms with Gasteiger partial charge in [-0.3, -0.25) is 9.69 Å². The van der Waals surface area contributed by atoms with E-state index in [1.807, 2.05) is 54.8 Å². The molecule has 0 aliphatic carbocycles. The minimum atomic E-state index is -0.117. The van der Waals surface area contributed by atoms with Crippen molar-refractivity contribution in [3.05, 3.63) is 57.9 Å². The maximum absolute atomic E-state index is 12.5. The quantitative estimate of drug-likeness (QED) is 0.682. The van der Waals surface area contributed by atoms with Crippen LogP contribution in [0.25, 0.3) is 6.08 Å². The number of carbonyl (C=O) groups excluding carboxylic acids is 1. The fourth-order valence-electron chi connectivity index (χ4n) is 2.01. The Morgan fingerprint density at radius 2 is 2.00 bits per heavy atom. The normalized spacial score (nSPS) is 16.9. The number of benzene rings is 1. The van der Waals surface area contributed by atoms with Crippen LogP contribution in [0.5, 0.6) is 0 Å². The van der Waals surface area contributed by atoms with E-state index < -0.39 is 0 Å². The maximum Gasteiger partial charge on any atom is 0.281 e. The van der Waals surface area contributed by atoms with Crippen LogP contribution in [0.2, 0.25) is 0 Å². The number of nitrogens with zero attached hydrogens (tertiary/aromatic N) is 1. The highest BCUT2D eigenvalue weighted by Crippen LogP contribution is 2.24. The molecule has 0 radical (unpaired) electrons. The van der Waals surface area contributed by atoms with Crippen LogP contribution < -0.4 is 10.2 Å². The van der Waals surface area contributed by atoms with Gasteiger partial charge in [-0.05, 0) is 54.4 Å². The third-order valence-corrected chi connectivity index (χ3v) is 4.32. The van der Waals surface area contributed by atoms with Crippen LogP contribution in [0.3, 0.4) is 0 Å². The van der Waals surface area contributed by atoms with Gasteiger partial charge >= 0.3 is 0 Å². The molecule has 1 aliphatic rings. The molecule has 0 saturated carbocycles. The SMILES string of the molecule is Cc1ccsc1C=C1NC(=S)N(c2ccccc2)C1=O. The molecule has 3 nitrogen and oxygen atoms in total. The van der Waals surface area contributed by atoms with Gasteiger partial charge in [-0.1, -0.05) is 18.2 Å². The van der Waals surface area contributed by atoms with Gasteiger partial charge in [0.15, 0.2) is 5.11 Å². The molecule has 100 valence electrons. The minimum Gasteiger partial charge on any atom is -0.327 e. The monoisotopic (exact) mass is 300 g/mol. The first-order chi connectivity index (χ1) is 9.66. The van der Waals surface area contributed by atoms with Gasteiger partial charge in [0.2, 0.25) is 0 Å². The van der Waals surface area contributed by atoms with Crippen molar-refractivity contribution in [2.75, 3.05) is 4.90 Å². The lowest BCUT2D eigenvalue weighted by Crippen LogP contribution is -2.30. The fraction of sp³-hybridized carbons (Fsp3) is 0.0667. The van der Waals surface area contributed by atoms with E-state index in [0.29, 0.717) is 10.8 Å². The topological polar surface area (TPSA) is 32.3 Å². The lowest BCUT2D eigenvalue weighted by atomic mass is 10.2. The number of thiocarbonyl (C=S) groups is 1. The molecule has 2 aromatic rings. The highest BCUT2D eigenvalue weighted by molar-refractivity contribution is 7.80. The van der Waals surface area contributed by atoms with E-state index >= 15 is 0 Å². The lowest BCUT2D eigenvalue weighted by molar-refractivity contribution is -0.113. The first-order valence-electron chi connectivity index (χ1n) is 6.13. The number of para-hydroxylation sites is 1. The Kier molecular flexibility index (Phi) is 3.38. The second kappa shape index (κ2) is 5.19. The molecule has 1 aliphatic heterocycles. The predicted octanol–water partition coefficient (Wildman–Crippen LogP) is 3.32. The molecular weight excluding hydrogens is 288 g/mol. The molecule has 1 fully saturated rings. The van der Waals surface area contributed by atoms with Crippen molar-refractivity contribution in [2.45, 2.75) is 6.92 Å². The molecule has 0 unspecified atom stereocenters. The summed E-state index contributed by atoms with van der Waals surface area (Å²) in [5, 5.41) is 5.42. The van der Waals surface area contributed by atoms with Gasteiger partial charge in [0.1, 0.15) is 5.70 Å². The van der Waals surface area contributed by atoms with Crippen molar-refractivity contribution < 1.29 is 4.79 Å². The molecule has 1 aromatic heterocycles. The Bertz CT molecular complexity index is 704. The molecule has 0 atom stereocenters. The molecule has 0 spiro atoms. The van der Waals surface area contributed by atoms with Crippen LogP contribution in [0.15, 0.2) is 47.5 Å². The minimum absolute atomic E-state index is 0.117. The first-order valence-corrected chi connectivity index (χ1v) is 7.42. The third kappa shape index (κ3) is 2.26. The van der Waals surface area contributed by atoms with Crippen LogP contribution in [0, 0.1) is 6.92 Å². The summed E-state index contributed by atoms with van der Waals surface area (Å²) in [5.41, 5.74) is 2.45. The largest absolute Gasteiger partial charge is 0.327 e. The Morgan fingerprint density at radius 1 is 1.25 bits per heavy atom. The van der Waals surface area contributed by atoms with Crippen molar-refractivity contribution >= 4 is 46.3 Å². The second-order valence-electron chi connectivity index (χ2n) is 4.43. The average Bonchev–Trinajstić information content (AvgIpc) is 2.96. The van der Waals surface area contributed by atoms with Gasteiger partial charge in [-0.15, -0.1) is 11.3 Å². The van der Waals surface area contributed by atoms with Crippen molar-refractivity contribution in [2.24, 2.45) is 0 Å². The Hall–Kier alpha value is -1.98. The number of carbonyl (C=O) groups is 1. The van der Waals surface area contributed by atoms with Crippen molar-refractivity contribution in [3.8, 4) is 0 Å². The smallest absolute Gasteiger partial charge is 0.281 e. The Labute approximate surface area is 126 Å². The fourth-order valence-corrected chi connectivity index (χ4v) is 3.17. The number of rotatable bonds is 2.